The van der Waals surface area contributed by atoms with E-state index in [-0.39, 0.29) is 5.97 Å². The van der Waals surface area contributed by atoms with Crippen LogP contribution in [0.4, 0.5) is 0 Å². The van der Waals surface area contributed by atoms with Crippen LogP contribution in [0, 0.1) is 5.92 Å². The molecule has 0 rings (SSSR count). The van der Waals surface area contributed by atoms with Gasteiger partial charge in [-0.3, -0.25) is 0 Å². The molecule has 0 amide bonds. The van der Waals surface area contributed by atoms with E-state index in [9.17, 15) is 4.79 Å². The van der Waals surface area contributed by atoms with E-state index in [0.717, 1.165) is 18.8 Å². The van der Waals surface area contributed by atoms with E-state index in [1.807, 2.05) is 6.08 Å². The number of rotatable bonds is 5. The number of hydrogen-bond donors (Lipinski definition) is 0. The van der Waals surface area contributed by atoms with Gasteiger partial charge in [0, 0.05) is 5.57 Å². The van der Waals surface area contributed by atoms with Crippen LogP contribution in [0.15, 0.2) is 11.6 Å². The Hall–Kier alpha value is -0.790. The van der Waals surface area contributed by atoms with Crippen LogP contribution in [0.5, 0.6) is 0 Å². The van der Waals surface area contributed by atoms with Crippen molar-refractivity contribution in [2.45, 2.75) is 40.0 Å². The van der Waals surface area contributed by atoms with E-state index < -0.39 is 0 Å². The number of methoxy groups -OCH3 is 1. The van der Waals surface area contributed by atoms with Crippen molar-refractivity contribution < 1.29 is 9.53 Å². The molecule has 2 heteroatoms. The highest BCUT2D eigenvalue weighted by molar-refractivity contribution is 5.87. The van der Waals surface area contributed by atoms with Crippen molar-refractivity contribution >= 4 is 5.97 Å². The van der Waals surface area contributed by atoms with E-state index in [1.165, 1.54) is 13.5 Å². The van der Waals surface area contributed by atoms with Gasteiger partial charge in [-0.05, 0) is 25.7 Å². The Kier molecular flexibility index (Phi) is 6.29. The minimum atomic E-state index is -0.218. The fraction of sp³-hybridized carbons (Fsp3) is 0.727. The van der Waals surface area contributed by atoms with Crippen molar-refractivity contribution in [3.63, 3.8) is 0 Å². The van der Waals surface area contributed by atoms with E-state index >= 15 is 0 Å². The topological polar surface area (TPSA) is 26.3 Å². The number of carbonyl (C=O) groups is 1. The molecule has 0 radical (unpaired) electrons. The first-order valence-electron chi connectivity index (χ1n) is 4.83. The zero-order chi connectivity index (χ0) is 10.3. The lowest BCUT2D eigenvalue weighted by Gasteiger charge is -2.02. The molecule has 0 bridgehead atoms. The van der Waals surface area contributed by atoms with Crippen LogP contribution < -0.4 is 0 Å². The molecule has 0 aliphatic heterocycles. The SMILES string of the molecule is COC(=O)/C(C)=C/CCCC(C)C. The average molecular weight is 184 g/mol. The molecule has 0 unspecified atom stereocenters. The van der Waals surface area contributed by atoms with E-state index in [0.29, 0.717) is 5.57 Å². The first kappa shape index (κ1) is 12.2. The molecule has 0 fully saturated rings. The Bertz CT molecular complexity index is 181. The fourth-order valence-electron chi connectivity index (χ4n) is 1.09. The molecular formula is C11H20O2. The van der Waals surface area contributed by atoms with Gasteiger partial charge in [0.05, 0.1) is 7.11 Å². The summed E-state index contributed by atoms with van der Waals surface area (Å²) >= 11 is 0. The Balaban J connectivity index is 3.65. The molecule has 0 aliphatic rings. The molecule has 0 aromatic heterocycles. The second kappa shape index (κ2) is 6.70. The van der Waals surface area contributed by atoms with Crippen LogP contribution in [-0.4, -0.2) is 13.1 Å². The van der Waals surface area contributed by atoms with Gasteiger partial charge < -0.3 is 4.74 Å². The lowest BCUT2D eigenvalue weighted by atomic mass is 10.1. The average Bonchev–Trinajstić information content (AvgIpc) is 2.10. The first-order valence-corrected chi connectivity index (χ1v) is 4.83. The largest absolute Gasteiger partial charge is 0.466 e. The highest BCUT2D eigenvalue weighted by atomic mass is 16.5. The Morgan fingerprint density at radius 3 is 2.54 bits per heavy atom. The van der Waals surface area contributed by atoms with Gasteiger partial charge in [-0.15, -0.1) is 0 Å². The van der Waals surface area contributed by atoms with E-state index in [2.05, 4.69) is 18.6 Å². The molecule has 0 N–H and O–H groups in total. The summed E-state index contributed by atoms with van der Waals surface area (Å²) in [6.45, 7) is 6.20. The Labute approximate surface area is 81.0 Å². The van der Waals surface area contributed by atoms with Crippen LogP contribution >= 0.6 is 0 Å². The molecule has 0 atom stereocenters. The molecule has 0 aromatic rings. The van der Waals surface area contributed by atoms with Crippen molar-refractivity contribution in [1.82, 2.24) is 0 Å². The standard InChI is InChI=1S/C11H20O2/c1-9(2)7-5-6-8-10(3)11(12)13-4/h8-9H,5-7H2,1-4H3/b10-8+. The fourth-order valence-corrected chi connectivity index (χ4v) is 1.09. The van der Waals surface area contributed by atoms with Gasteiger partial charge in [-0.25, -0.2) is 4.79 Å². The number of ether oxygens (including phenoxy) is 1. The highest BCUT2D eigenvalue weighted by Gasteiger charge is 2.01. The number of carbonyl (C=O) groups excluding carboxylic acids is 1. The summed E-state index contributed by atoms with van der Waals surface area (Å²) in [7, 11) is 1.41. The van der Waals surface area contributed by atoms with Crippen LogP contribution in [0.25, 0.3) is 0 Å². The summed E-state index contributed by atoms with van der Waals surface area (Å²) in [4.78, 5) is 10.9. The second-order valence-corrected chi connectivity index (χ2v) is 3.70. The predicted molar refractivity (Wildman–Crippen MR) is 54.5 cm³/mol. The maximum Gasteiger partial charge on any atom is 0.333 e. The van der Waals surface area contributed by atoms with Gasteiger partial charge >= 0.3 is 5.97 Å². The van der Waals surface area contributed by atoms with Gasteiger partial charge in [0.25, 0.3) is 0 Å². The van der Waals surface area contributed by atoms with Crippen LogP contribution in [-0.2, 0) is 9.53 Å². The molecule has 0 aliphatic carbocycles. The molecule has 0 saturated carbocycles. The third-order valence-electron chi connectivity index (χ3n) is 1.94. The maximum atomic E-state index is 10.9. The lowest BCUT2D eigenvalue weighted by molar-refractivity contribution is -0.136. The minimum Gasteiger partial charge on any atom is -0.466 e. The number of unbranched alkanes of at least 4 members (excludes halogenated alkanes) is 1. The molecule has 0 heterocycles. The van der Waals surface area contributed by atoms with Crippen LogP contribution in [0.2, 0.25) is 0 Å². The summed E-state index contributed by atoms with van der Waals surface area (Å²) < 4.78 is 4.58. The monoisotopic (exact) mass is 184 g/mol. The highest BCUT2D eigenvalue weighted by Crippen LogP contribution is 2.08. The number of allylic oxidation sites excluding steroid dienone is 1. The van der Waals surface area contributed by atoms with E-state index in [4.69, 9.17) is 0 Å². The summed E-state index contributed by atoms with van der Waals surface area (Å²) in [5.41, 5.74) is 0.714. The smallest absolute Gasteiger partial charge is 0.333 e. The van der Waals surface area contributed by atoms with Gasteiger partial charge in [-0.1, -0.05) is 26.3 Å². The normalized spacial score (nSPS) is 11.9. The molecule has 13 heavy (non-hydrogen) atoms. The summed E-state index contributed by atoms with van der Waals surface area (Å²) in [6.07, 6.45) is 5.28. The second-order valence-electron chi connectivity index (χ2n) is 3.70. The molecule has 0 saturated heterocycles. The van der Waals surface area contributed by atoms with Gasteiger partial charge in [0.1, 0.15) is 0 Å². The molecule has 2 nitrogen and oxygen atoms in total. The molecular weight excluding hydrogens is 164 g/mol. The third kappa shape index (κ3) is 6.38. The quantitative estimate of drug-likeness (QED) is 0.373. The van der Waals surface area contributed by atoms with Crippen LogP contribution in [0.1, 0.15) is 40.0 Å². The predicted octanol–water partition coefficient (Wildman–Crippen LogP) is 2.93. The van der Waals surface area contributed by atoms with E-state index in [1.54, 1.807) is 6.92 Å². The van der Waals surface area contributed by atoms with Crippen molar-refractivity contribution in [3.8, 4) is 0 Å². The molecule has 76 valence electrons. The van der Waals surface area contributed by atoms with Crippen LogP contribution in [0.3, 0.4) is 0 Å². The summed E-state index contributed by atoms with van der Waals surface area (Å²) in [5, 5.41) is 0. The third-order valence-corrected chi connectivity index (χ3v) is 1.94. The Morgan fingerprint density at radius 1 is 1.46 bits per heavy atom. The molecule has 0 aromatic carbocycles. The van der Waals surface area contributed by atoms with Crippen molar-refractivity contribution in [1.29, 1.82) is 0 Å². The lowest BCUT2D eigenvalue weighted by Crippen LogP contribution is -2.01. The van der Waals surface area contributed by atoms with Crippen molar-refractivity contribution in [3.05, 3.63) is 11.6 Å². The zero-order valence-corrected chi connectivity index (χ0v) is 9.09. The minimum absolute atomic E-state index is 0.218. The summed E-state index contributed by atoms with van der Waals surface area (Å²) in [6, 6.07) is 0. The number of hydrogen-bond acceptors (Lipinski definition) is 2. The van der Waals surface area contributed by atoms with Gasteiger partial charge in [0.2, 0.25) is 0 Å². The van der Waals surface area contributed by atoms with Gasteiger partial charge in [-0.2, -0.15) is 0 Å². The van der Waals surface area contributed by atoms with Crippen molar-refractivity contribution in [2.75, 3.05) is 7.11 Å². The van der Waals surface area contributed by atoms with Crippen molar-refractivity contribution in [2.24, 2.45) is 5.92 Å². The Morgan fingerprint density at radius 2 is 2.08 bits per heavy atom. The maximum absolute atomic E-state index is 10.9. The summed E-state index contributed by atoms with van der Waals surface area (Å²) in [5.74, 6) is 0.524. The first-order chi connectivity index (χ1) is 6.07. The number of esters is 1. The van der Waals surface area contributed by atoms with Gasteiger partial charge in [0.15, 0.2) is 0 Å². The molecule has 0 spiro atoms. The zero-order valence-electron chi connectivity index (χ0n) is 9.09.